The van der Waals surface area contributed by atoms with Crippen molar-refractivity contribution in [2.75, 3.05) is 13.1 Å². The second-order valence-electron chi connectivity index (χ2n) is 13.3. The minimum absolute atomic E-state index is 0. The third-order valence-corrected chi connectivity index (χ3v) is 6.20. The number of nitrogens with one attached hydrogen (secondary N) is 4. The van der Waals surface area contributed by atoms with Crippen molar-refractivity contribution in [3.05, 3.63) is 0 Å². The normalized spacial score (nSPS) is 16.9. The van der Waals surface area contributed by atoms with Crippen LogP contribution in [0, 0.1) is 55.9 Å². The summed E-state index contributed by atoms with van der Waals surface area (Å²) in [6.45, 7) is 10.9. The molecule has 2 saturated carbocycles. The molecule has 0 aliphatic heterocycles. The number of carbonyl (C=O) groups excluding carboxylic acids is 5. The van der Waals surface area contributed by atoms with Gasteiger partial charge < -0.3 is 46.1 Å². The van der Waals surface area contributed by atoms with E-state index in [2.05, 4.69) is 21.3 Å². The maximum absolute atomic E-state index is 11.9. The molecular formula is C29H50AcN4O11. The fourth-order valence-corrected chi connectivity index (χ4v) is 3.83. The van der Waals surface area contributed by atoms with E-state index in [1.165, 1.54) is 6.92 Å². The molecule has 0 heterocycles. The molecule has 45 heavy (non-hydrogen) atoms. The molecule has 0 aromatic heterocycles. The monoisotopic (exact) mass is 857 g/mol. The Bertz CT molecular complexity index is 941. The van der Waals surface area contributed by atoms with Gasteiger partial charge in [0.1, 0.15) is 23.5 Å². The summed E-state index contributed by atoms with van der Waals surface area (Å²) in [5.74, 6) is -2.17. The Balaban J connectivity index is 0.000000842. The standard InChI is InChI=1S/C15H26N2O5.C14H24N2O6.Ac/c1-9(18)8-16-13(20)12(19)11(7-10-5-6-10)17-14(21)22-15(2,3)4;1-14(2,3)22-13(21)16-9(6-8-4-5-8)11(19)12(20)15-7-10(17)18;/h10-12,19H,5-8H2,1-4H3,(H,16,20)(H,17,21);8-9,11,19H,4-7H2,1-3H3,(H,15,20)(H,16,21)(H,17,18);. The predicted molar refractivity (Wildman–Crippen MR) is 157 cm³/mol. The second-order valence-corrected chi connectivity index (χ2v) is 13.3. The van der Waals surface area contributed by atoms with Crippen molar-refractivity contribution in [3.8, 4) is 0 Å². The van der Waals surface area contributed by atoms with E-state index in [-0.39, 0.29) is 56.4 Å². The summed E-state index contributed by atoms with van der Waals surface area (Å²) in [6, 6.07) is -1.54. The SMILES string of the molecule is CC(=O)CNC(=O)C(O)C(CC1CC1)NC(=O)OC(C)(C)C.CC(C)(C)OC(=O)NC(CC1CC1)C(O)C(=O)NCC(=O)O.[Ac]. The molecule has 2 aliphatic rings. The molecule has 0 spiro atoms. The fraction of sp³-hybridized carbons (Fsp3) is 0.793. The van der Waals surface area contributed by atoms with Gasteiger partial charge in [0.15, 0.2) is 12.2 Å². The number of aliphatic hydroxyl groups is 2. The van der Waals surface area contributed by atoms with E-state index in [0.717, 1.165) is 25.7 Å². The number of ether oxygens (including phenoxy) is 2. The molecule has 15 nitrogen and oxygen atoms in total. The zero-order valence-corrected chi connectivity index (χ0v) is 32.1. The minimum Gasteiger partial charge on any atom is -0.480 e. The molecule has 7 N–H and O–H groups in total. The minimum atomic E-state index is -1.52. The van der Waals surface area contributed by atoms with Crippen LogP contribution in [0.2, 0.25) is 0 Å². The maximum Gasteiger partial charge on any atom is 0.407 e. The number of aliphatic hydroxyl groups excluding tert-OH is 2. The smallest absolute Gasteiger partial charge is 0.407 e. The number of carbonyl (C=O) groups is 6. The topological polar surface area (TPSA) is 230 Å². The zero-order valence-electron chi connectivity index (χ0n) is 27.3. The van der Waals surface area contributed by atoms with E-state index in [9.17, 15) is 39.0 Å². The molecule has 0 saturated heterocycles. The van der Waals surface area contributed by atoms with Gasteiger partial charge in [0, 0.05) is 44.1 Å². The number of amides is 4. The molecule has 2 rings (SSSR count). The first-order chi connectivity index (χ1) is 20.2. The Morgan fingerprint density at radius 2 is 1.02 bits per heavy atom. The van der Waals surface area contributed by atoms with Gasteiger partial charge in [-0.3, -0.25) is 19.2 Å². The number of hydrogen-bond donors (Lipinski definition) is 7. The molecule has 255 valence electrons. The van der Waals surface area contributed by atoms with Crippen LogP contribution < -0.4 is 21.3 Å². The molecular weight excluding hydrogens is 807 g/mol. The number of aliphatic carboxylic acids is 1. The van der Waals surface area contributed by atoms with Crippen LogP contribution in [0.1, 0.15) is 87.0 Å². The van der Waals surface area contributed by atoms with Crippen molar-refractivity contribution < 1.29 is 97.6 Å². The molecule has 2 fully saturated rings. The van der Waals surface area contributed by atoms with E-state index >= 15 is 0 Å². The first-order valence-electron chi connectivity index (χ1n) is 14.8. The van der Waals surface area contributed by atoms with E-state index in [1.54, 1.807) is 41.5 Å². The average molecular weight is 858 g/mol. The number of ketones is 1. The van der Waals surface area contributed by atoms with E-state index in [0.29, 0.717) is 24.7 Å². The van der Waals surface area contributed by atoms with Gasteiger partial charge in [-0.15, -0.1) is 0 Å². The predicted octanol–water partition coefficient (Wildman–Crippen LogP) is 0.987. The summed E-state index contributed by atoms with van der Waals surface area (Å²) in [6.07, 6.45) is 0.642. The molecule has 0 aromatic rings. The number of alkyl carbamates (subject to hydrolysis) is 2. The summed E-state index contributed by atoms with van der Waals surface area (Å²) in [4.78, 5) is 68.5. The van der Waals surface area contributed by atoms with Crippen LogP contribution in [0.15, 0.2) is 0 Å². The van der Waals surface area contributed by atoms with E-state index in [1.807, 2.05) is 0 Å². The van der Waals surface area contributed by atoms with Crippen molar-refractivity contribution in [1.82, 2.24) is 21.3 Å². The summed E-state index contributed by atoms with van der Waals surface area (Å²) in [5.41, 5.74) is -1.35. The first kappa shape index (κ1) is 43.0. The molecule has 1 radical (unpaired) electrons. The second kappa shape index (κ2) is 19.6. The van der Waals surface area contributed by atoms with Crippen molar-refractivity contribution in [2.24, 2.45) is 11.8 Å². The molecule has 2 aliphatic carbocycles. The quantitative estimate of drug-likeness (QED) is 0.130. The molecule has 0 bridgehead atoms. The van der Waals surface area contributed by atoms with Crippen molar-refractivity contribution in [3.63, 3.8) is 0 Å². The summed E-state index contributed by atoms with van der Waals surface area (Å²) >= 11 is 0. The van der Waals surface area contributed by atoms with E-state index in [4.69, 9.17) is 14.6 Å². The van der Waals surface area contributed by atoms with Crippen LogP contribution in [0.25, 0.3) is 0 Å². The Hall–Kier alpha value is -2.02. The third-order valence-electron chi connectivity index (χ3n) is 6.20. The summed E-state index contributed by atoms with van der Waals surface area (Å²) in [7, 11) is 0. The Morgan fingerprint density at radius 3 is 1.29 bits per heavy atom. The van der Waals surface area contributed by atoms with Gasteiger partial charge in [-0.25, -0.2) is 9.59 Å². The van der Waals surface area contributed by atoms with Crippen molar-refractivity contribution in [2.45, 2.75) is 122 Å². The molecule has 4 atom stereocenters. The number of Topliss-reactive ketones (excluding diaryl/α,β-unsaturated/α-hetero) is 1. The summed E-state index contributed by atoms with van der Waals surface area (Å²) in [5, 5.41) is 38.2. The van der Waals surface area contributed by atoms with Gasteiger partial charge in [-0.1, -0.05) is 25.7 Å². The molecule has 4 amide bonds. The summed E-state index contributed by atoms with van der Waals surface area (Å²) < 4.78 is 10.3. The van der Waals surface area contributed by atoms with Crippen LogP contribution in [-0.2, 0) is 28.7 Å². The Labute approximate surface area is 300 Å². The fourth-order valence-electron chi connectivity index (χ4n) is 3.83. The Kier molecular flexibility index (Phi) is 18.7. The zero-order chi connectivity index (χ0) is 33.8. The maximum atomic E-state index is 11.9. The van der Waals surface area contributed by atoms with Gasteiger partial charge in [0.25, 0.3) is 11.8 Å². The van der Waals surface area contributed by atoms with Gasteiger partial charge >= 0.3 is 18.2 Å². The van der Waals surface area contributed by atoms with Crippen LogP contribution in [0.5, 0.6) is 0 Å². The van der Waals surface area contributed by atoms with E-state index < -0.39 is 72.0 Å². The van der Waals surface area contributed by atoms with Gasteiger partial charge in [0.2, 0.25) is 0 Å². The average Bonchev–Trinajstić information content (AvgIpc) is 3.79. The van der Waals surface area contributed by atoms with Crippen LogP contribution in [0.3, 0.4) is 0 Å². The van der Waals surface area contributed by atoms with Crippen LogP contribution in [-0.4, -0.2) is 99.7 Å². The number of carboxylic acids is 1. The number of carboxylic acid groups (broad SMARTS) is 1. The van der Waals surface area contributed by atoms with Gasteiger partial charge in [-0.05, 0) is 73.1 Å². The largest absolute Gasteiger partial charge is 0.480 e. The van der Waals surface area contributed by atoms with Crippen LogP contribution in [0.4, 0.5) is 9.59 Å². The van der Waals surface area contributed by atoms with Gasteiger partial charge in [0.05, 0.1) is 18.6 Å². The van der Waals surface area contributed by atoms with Crippen molar-refractivity contribution >= 4 is 35.8 Å². The van der Waals surface area contributed by atoms with Crippen LogP contribution >= 0.6 is 0 Å². The van der Waals surface area contributed by atoms with Crippen molar-refractivity contribution in [1.29, 1.82) is 0 Å². The van der Waals surface area contributed by atoms with Gasteiger partial charge in [-0.2, -0.15) is 0 Å². The number of rotatable bonds is 14. The number of hydrogen-bond acceptors (Lipinski definition) is 10. The molecule has 0 aromatic carbocycles. The molecule has 16 heteroatoms. The third kappa shape index (κ3) is 21.4. The Morgan fingerprint density at radius 1 is 0.689 bits per heavy atom. The molecule has 4 unspecified atom stereocenters. The first-order valence-corrected chi connectivity index (χ1v) is 14.8.